The Hall–Kier alpha value is -3.02. The van der Waals surface area contributed by atoms with E-state index in [1.165, 1.54) is 14.2 Å². The van der Waals surface area contributed by atoms with Gasteiger partial charge in [-0.25, -0.2) is 0 Å². The Kier molecular flexibility index (Phi) is 6.60. The lowest BCUT2D eigenvalue weighted by molar-refractivity contribution is -0.136. The smallest absolute Gasteiger partial charge is 0.303 e. The van der Waals surface area contributed by atoms with Crippen LogP contribution in [0.25, 0.3) is 0 Å². The molecule has 26 heavy (non-hydrogen) atoms. The van der Waals surface area contributed by atoms with Crippen molar-refractivity contribution >= 4 is 12.3 Å². The summed E-state index contributed by atoms with van der Waals surface area (Å²) in [4.78, 5) is 21.8. The number of carbonyl (C=O) groups is 2. The van der Waals surface area contributed by atoms with Gasteiger partial charge in [-0.05, 0) is 30.5 Å². The molecule has 0 amide bonds. The molecule has 2 aromatic carbocycles. The first-order valence-corrected chi connectivity index (χ1v) is 8.13. The lowest BCUT2D eigenvalue weighted by Gasteiger charge is -2.17. The first-order valence-electron chi connectivity index (χ1n) is 8.13. The van der Waals surface area contributed by atoms with E-state index >= 15 is 0 Å². The summed E-state index contributed by atoms with van der Waals surface area (Å²) in [7, 11) is 3.02. The lowest BCUT2D eigenvalue weighted by Crippen LogP contribution is -2.03. The zero-order valence-electron chi connectivity index (χ0n) is 15.1. The fourth-order valence-electron chi connectivity index (χ4n) is 2.59. The highest BCUT2D eigenvalue weighted by Gasteiger charge is 2.18. The molecular formula is C20H22O6. The first-order chi connectivity index (χ1) is 12.5. The fraction of sp³-hybridized carbons (Fsp3) is 0.300. The van der Waals surface area contributed by atoms with Crippen molar-refractivity contribution in [3.8, 4) is 17.2 Å². The van der Waals surface area contributed by atoms with E-state index in [0.29, 0.717) is 34.8 Å². The molecule has 6 nitrogen and oxygen atoms in total. The Balaban J connectivity index is 2.17. The highest BCUT2D eigenvalue weighted by atomic mass is 16.5. The van der Waals surface area contributed by atoms with Crippen LogP contribution >= 0.6 is 0 Å². The van der Waals surface area contributed by atoms with Crippen molar-refractivity contribution in [1.29, 1.82) is 0 Å². The number of methoxy groups -OCH3 is 2. The van der Waals surface area contributed by atoms with E-state index in [1.54, 1.807) is 13.0 Å². The SMILES string of the molecule is COc1cc(C=O)c(C)c(OC)c1OCc1ccc(CCC(=O)O)cc1. The molecule has 0 aliphatic rings. The van der Waals surface area contributed by atoms with Gasteiger partial charge in [-0.15, -0.1) is 0 Å². The van der Waals surface area contributed by atoms with E-state index < -0.39 is 5.97 Å². The quantitative estimate of drug-likeness (QED) is 0.692. The number of aryl methyl sites for hydroxylation is 1. The maximum Gasteiger partial charge on any atom is 0.303 e. The van der Waals surface area contributed by atoms with Crippen molar-refractivity contribution in [2.75, 3.05) is 14.2 Å². The molecule has 0 aliphatic heterocycles. The summed E-state index contributed by atoms with van der Waals surface area (Å²) in [5, 5.41) is 8.73. The number of rotatable bonds is 9. The Morgan fingerprint density at radius 3 is 2.27 bits per heavy atom. The van der Waals surface area contributed by atoms with Gasteiger partial charge in [-0.1, -0.05) is 24.3 Å². The van der Waals surface area contributed by atoms with Crippen LogP contribution in [-0.2, 0) is 17.8 Å². The second kappa shape index (κ2) is 8.89. The van der Waals surface area contributed by atoms with Crippen molar-refractivity contribution in [2.24, 2.45) is 0 Å². The maximum absolute atomic E-state index is 11.2. The molecule has 2 rings (SSSR count). The van der Waals surface area contributed by atoms with Gasteiger partial charge >= 0.3 is 5.97 Å². The van der Waals surface area contributed by atoms with Crippen LogP contribution in [-0.4, -0.2) is 31.6 Å². The van der Waals surface area contributed by atoms with Crippen molar-refractivity contribution in [3.05, 3.63) is 52.6 Å². The predicted molar refractivity (Wildman–Crippen MR) is 96.4 cm³/mol. The standard InChI is InChI=1S/C20H22O6/c1-13-16(11-21)10-17(24-2)20(19(13)25-3)26-12-15-6-4-14(5-7-15)8-9-18(22)23/h4-7,10-11H,8-9,12H2,1-3H3,(H,22,23). The minimum Gasteiger partial charge on any atom is -0.493 e. The normalized spacial score (nSPS) is 10.3. The number of ether oxygens (including phenoxy) is 3. The Labute approximate surface area is 152 Å². The zero-order valence-corrected chi connectivity index (χ0v) is 15.1. The summed E-state index contributed by atoms with van der Waals surface area (Å²) in [5.41, 5.74) is 3.04. The average Bonchev–Trinajstić information content (AvgIpc) is 2.65. The van der Waals surface area contributed by atoms with Crippen molar-refractivity contribution < 1.29 is 28.9 Å². The van der Waals surface area contributed by atoms with Gasteiger partial charge < -0.3 is 19.3 Å². The molecule has 0 radical (unpaired) electrons. The Bertz CT molecular complexity index is 780. The molecule has 0 saturated heterocycles. The molecule has 0 saturated carbocycles. The summed E-state index contributed by atoms with van der Waals surface area (Å²) in [5.74, 6) is 0.510. The molecule has 2 aromatic rings. The summed E-state index contributed by atoms with van der Waals surface area (Å²) >= 11 is 0. The second-order valence-corrected chi connectivity index (χ2v) is 5.77. The van der Waals surface area contributed by atoms with Gasteiger partial charge in [0.15, 0.2) is 17.8 Å². The van der Waals surface area contributed by atoms with Crippen LogP contribution in [0.15, 0.2) is 30.3 Å². The third-order valence-corrected chi connectivity index (χ3v) is 4.07. The van der Waals surface area contributed by atoms with Crippen LogP contribution in [0.5, 0.6) is 17.2 Å². The number of carboxylic acid groups (broad SMARTS) is 1. The van der Waals surface area contributed by atoms with Crippen molar-refractivity contribution in [3.63, 3.8) is 0 Å². The van der Waals surface area contributed by atoms with Crippen LogP contribution < -0.4 is 14.2 Å². The Morgan fingerprint density at radius 1 is 1.08 bits per heavy atom. The lowest BCUT2D eigenvalue weighted by atomic mass is 10.1. The molecule has 1 N–H and O–H groups in total. The fourth-order valence-corrected chi connectivity index (χ4v) is 2.59. The van der Waals surface area contributed by atoms with Crippen molar-refractivity contribution in [2.45, 2.75) is 26.4 Å². The van der Waals surface area contributed by atoms with Gasteiger partial charge in [0.1, 0.15) is 6.61 Å². The highest BCUT2D eigenvalue weighted by Crippen LogP contribution is 2.41. The molecule has 0 atom stereocenters. The minimum atomic E-state index is -0.814. The van der Waals surface area contributed by atoms with Crippen molar-refractivity contribution in [1.82, 2.24) is 0 Å². The monoisotopic (exact) mass is 358 g/mol. The van der Waals surface area contributed by atoms with E-state index in [0.717, 1.165) is 17.4 Å². The van der Waals surface area contributed by atoms with E-state index in [2.05, 4.69) is 0 Å². The zero-order chi connectivity index (χ0) is 19.1. The molecule has 6 heteroatoms. The summed E-state index contributed by atoms with van der Waals surface area (Å²) in [6.45, 7) is 2.07. The van der Waals surface area contributed by atoms with Crippen LogP contribution in [0.1, 0.15) is 33.5 Å². The molecule has 0 spiro atoms. The number of hydrogen-bond acceptors (Lipinski definition) is 5. The number of hydrogen-bond donors (Lipinski definition) is 1. The number of aliphatic carboxylic acids is 1. The van der Waals surface area contributed by atoms with E-state index in [4.69, 9.17) is 19.3 Å². The van der Waals surface area contributed by atoms with Crippen LogP contribution in [0.2, 0.25) is 0 Å². The summed E-state index contributed by atoms with van der Waals surface area (Å²) in [6.07, 6.45) is 1.34. The third kappa shape index (κ3) is 4.53. The number of benzene rings is 2. The molecule has 138 valence electrons. The molecule has 0 heterocycles. The van der Waals surface area contributed by atoms with E-state index in [-0.39, 0.29) is 13.0 Å². The van der Waals surface area contributed by atoms with Crippen LogP contribution in [0.4, 0.5) is 0 Å². The van der Waals surface area contributed by atoms with Gasteiger partial charge in [-0.3, -0.25) is 9.59 Å². The van der Waals surface area contributed by atoms with Gasteiger partial charge in [0.25, 0.3) is 0 Å². The van der Waals surface area contributed by atoms with Gasteiger partial charge in [-0.2, -0.15) is 0 Å². The molecule has 0 aromatic heterocycles. The number of carboxylic acids is 1. The minimum absolute atomic E-state index is 0.104. The maximum atomic E-state index is 11.2. The molecule has 0 unspecified atom stereocenters. The molecule has 0 bridgehead atoms. The van der Waals surface area contributed by atoms with Gasteiger partial charge in [0.05, 0.1) is 14.2 Å². The van der Waals surface area contributed by atoms with E-state index in [9.17, 15) is 9.59 Å². The third-order valence-electron chi connectivity index (χ3n) is 4.07. The predicted octanol–water partition coefficient (Wildman–Crippen LogP) is 3.42. The molecule has 0 fully saturated rings. The topological polar surface area (TPSA) is 82.1 Å². The van der Waals surface area contributed by atoms with Gasteiger partial charge in [0.2, 0.25) is 5.75 Å². The largest absolute Gasteiger partial charge is 0.493 e. The number of aldehydes is 1. The number of carbonyl (C=O) groups excluding carboxylic acids is 1. The Morgan fingerprint density at radius 2 is 1.73 bits per heavy atom. The molecule has 0 aliphatic carbocycles. The van der Waals surface area contributed by atoms with E-state index in [1.807, 2.05) is 24.3 Å². The average molecular weight is 358 g/mol. The van der Waals surface area contributed by atoms with Gasteiger partial charge in [0, 0.05) is 17.5 Å². The van der Waals surface area contributed by atoms with Crippen LogP contribution in [0.3, 0.4) is 0 Å². The molecular weight excluding hydrogens is 336 g/mol. The van der Waals surface area contributed by atoms with Crippen LogP contribution in [0, 0.1) is 6.92 Å². The summed E-state index contributed by atoms with van der Waals surface area (Å²) < 4.78 is 16.6. The highest BCUT2D eigenvalue weighted by molar-refractivity contribution is 5.81. The second-order valence-electron chi connectivity index (χ2n) is 5.77. The first kappa shape index (κ1) is 19.3. The summed E-state index contributed by atoms with van der Waals surface area (Å²) in [6, 6.07) is 9.18.